The Labute approximate surface area is 147 Å². The number of hydrogen-bond donors (Lipinski definition) is 1. The molecule has 2 aromatic rings. The second-order valence-corrected chi connectivity index (χ2v) is 6.68. The van der Waals surface area contributed by atoms with Gasteiger partial charge in [0.1, 0.15) is 10.7 Å². The van der Waals surface area contributed by atoms with E-state index in [9.17, 15) is 9.59 Å². The van der Waals surface area contributed by atoms with Crippen molar-refractivity contribution >= 4 is 34.8 Å². The van der Waals surface area contributed by atoms with Gasteiger partial charge in [-0.3, -0.25) is 9.59 Å². The van der Waals surface area contributed by atoms with Crippen LogP contribution in [0, 0.1) is 0 Å². The lowest BCUT2D eigenvalue weighted by atomic mass is 10.2. The molecule has 0 aliphatic carbocycles. The zero-order valence-corrected chi connectivity index (χ0v) is 14.2. The van der Waals surface area contributed by atoms with Crippen molar-refractivity contribution in [2.45, 2.75) is 12.5 Å². The lowest BCUT2D eigenvalue weighted by Gasteiger charge is -2.31. The number of benzene rings is 1. The minimum atomic E-state index is -0.937. The number of aliphatic carboxylic acids is 1. The maximum atomic E-state index is 12.6. The number of nitrogens with zero attached hydrogens (tertiary/aromatic N) is 2. The van der Waals surface area contributed by atoms with Crippen molar-refractivity contribution in [2.24, 2.45) is 0 Å². The first-order valence-electron chi connectivity index (χ1n) is 7.37. The second kappa shape index (κ2) is 7.29. The van der Waals surface area contributed by atoms with E-state index in [0.717, 1.165) is 10.6 Å². The number of halogens is 1. The van der Waals surface area contributed by atoms with Gasteiger partial charge < -0.3 is 14.7 Å². The maximum absolute atomic E-state index is 12.6. The van der Waals surface area contributed by atoms with Crippen molar-refractivity contribution in [3.8, 4) is 10.6 Å². The van der Waals surface area contributed by atoms with E-state index in [4.69, 9.17) is 21.4 Å². The number of amides is 1. The molecule has 0 radical (unpaired) electrons. The number of rotatable bonds is 4. The fourth-order valence-electron chi connectivity index (χ4n) is 2.48. The lowest BCUT2D eigenvalue weighted by Crippen LogP contribution is -2.46. The molecule has 1 saturated heterocycles. The average Bonchev–Trinajstić information content (AvgIpc) is 3.04. The van der Waals surface area contributed by atoms with E-state index < -0.39 is 12.1 Å². The Morgan fingerprint density at radius 3 is 2.83 bits per heavy atom. The van der Waals surface area contributed by atoms with Crippen molar-refractivity contribution in [1.82, 2.24) is 9.88 Å². The molecule has 8 heteroatoms. The average molecular weight is 367 g/mol. The van der Waals surface area contributed by atoms with Gasteiger partial charge in [-0.05, 0) is 12.1 Å². The summed E-state index contributed by atoms with van der Waals surface area (Å²) in [5.74, 6) is -1.14. The van der Waals surface area contributed by atoms with Gasteiger partial charge in [-0.15, -0.1) is 11.3 Å². The molecule has 6 nitrogen and oxygen atoms in total. The van der Waals surface area contributed by atoms with Crippen LogP contribution in [0.25, 0.3) is 10.6 Å². The minimum Gasteiger partial charge on any atom is -0.481 e. The van der Waals surface area contributed by atoms with E-state index in [2.05, 4.69) is 4.98 Å². The molecule has 2 heterocycles. The molecule has 24 heavy (non-hydrogen) atoms. The third-order valence-corrected chi connectivity index (χ3v) is 4.79. The molecular weight excluding hydrogens is 352 g/mol. The second-order valence-electron chi connectivity index (χ2n) is 5.39. The first-order valence-corrected chi connectivity index (χ1v) is 8.63. The smallest absolute Gasteiger partial charge is 0.306 e. The van der Waals surface area contributed by atoms with Crippen LogP contribution >= 0.6 is 22.9 Å². The molecular formula is C16H15ClN2O4S. The van der Waals surface area contributed by atoms with Crippen LogP contribution in [0.1, 0.15) is 16.9 Å². The van der Waals surface area contributed by atoms with Gasteiger partial charge in [-0.1, -0.05) is 23.7 Å². The summed E-state index contributed by atoms with van der Waals surface area (Å²) in [6.45, 7) is 1.03. The molecule has 0 saturated carbocycles. The van der Waals surface area contributed by atoms with Crippen LogP contribution in [-0.4, -0.2) is 52.7 Å². The van der Waals surface area contributed by atoms with Crippen molar-refractivity contribution in [3.63, 3.8) is 0 Å². The summed E-state index contributed by atoms with van der Waals surface area (Å²) in [5, 5.41) is 12.0. The molecule has 1 aliphatic heterocycles. The van der Waals surface area contributed by atoms with Crippen LogP contribution in [0.4, 0.5) is 0 Å². The van der Waals surface area contributed by atoms with E-state index in [1.807, 2.05) is 12.1 Å². The molecule has 0 spiro atoms. The van der Waals surface area contributed by atoms with Crippen LogP contribution in [0.2, 0.25) is 5.02 Å². The van der Waals surface area contributed by atoms with Crippen LogP contribution in [0.15, 0.2) is 29.6 Å². The molecule has 1 aromatic heterocycles. The van der Waals surface area contributed by atoms with Gasteiger partial charge in [0.05, 0.1) is 19.1 Å². The first kappa shape index (κ1) is 16.9. The van der Waals surface area contributed by atoms with E-state index in [1.54, 1.807) is 22.4 Å². The van der Waals surface area contributed by atoms with Gasteiger partial charge >= 0.3 is 5.97 Å². The summed E-state index contributed by atoms with van der Waals surface area (Å²) in [4.78, 5) is 29.4. The Hall–Kier alpha value is -1.96. The van der Waals surface area contributed by atoms with Crippen LogP contribution in [0.3, 0.4) is 0 Å². The van der Waals surface area contributed by atoms with Gasteiger partial charge in [-0.2, -0.15) is 0 Å². The zero-order chi connectivity index (χ0) is 17.1. The number of hydrogen-bond acceptors (Lipinski definition) is 5. The van der Waals surface area contributed by atoms with Crippen LogP contribution in [0.5, 0.6) is 0 Å². The number of morpholine rings is 1. The number of carboxylic acid groups (broad SMARTS) is 1. The topological polar surface area (TPSA) is 79.7 Å². The Morgan fingerprint density at radius 1 is 1.38 bits per heavy atom. The quantitative estimate of drug-likeness (QED) is 0.900. The fourth-order valence-corrected chi connectivity index (χ4v) is 3.41. The van der Waals surface area contributed by atoms with E-state index in [1.165, 1.54) is 11.3 Å². The van der Waals surface area contributed by atoms with Gasteiger partial charge in [0.15, 0.2) is 0 Å². The van der Waals surface area contributed by atoms with Crippen molar-refractivity contribution in [2.75, 3.05) is 19.7 Å². The monoisotopic (exact) mass is 366 g/mol. The lowest BCUT2D eigenvalue weighted by molar-refractivity contribution is -0.141. The van der Waals surface area contributed by atoms with Crippen molar-refractivity contribution < 1.29 is 19.4 Å². The van der Waals surface area contributed by atoms with Crippen molar-refractivity contribution in [1.29, 1.82) is 0 Å². The van der Waals surface area contributed by atoms with Crippen LogP contribution < -0.4 is 0 Å². The molecule has 0 bridgehead atoms. The molecule has 1 aliphatic rings. The van der Waals surface area contributed by atoms with Gasteiger partial charge in [0.2, 0.25) is 0 Å². The summed E-state index contributed by atoms with van der Waals surface area (Å²) in [7, 11) is 0. The normalized spacial score (nSPS) is 17.7. The fraction of sp³-hybridized carbons (Fsp3) is 0.312. The first-order chi connectivity index (χ1) is 11.5. The highest BCUT2D eigenvalue weighted by molar-refractivity contribution is 7.13. The number of thiazole rings is 1. The third kappa shape index (κ3) is 3.92. The molecule has 1 amide bonds. The minimum absolute atomic E-state index is 0.114. The largest absolute Gasteiger partial charge is 0.481 e. The Kier molecular flexibility index (Phi) is 5.13. The molecule has 1 aromatic carbocycles. The number of aromatic nitrogens is 1. The predicted octanol–water partition coefficient (Wildman–Crippen LogP) is 2.78. The highest BCUT2D eigenvalue weighted by Crippen LogP contribution is 2.26. The number of carbonyl (C=O) groups is 2. The molecule has 1 unspecified atom stereocenters. The third-order valence-electron chi connectivity index (χ3n) is 3.64. The molecule has 1 atom stereocenters. The van der Waals surface area contributed by atoms with Crippen molar-refractivity contribution in [3.05, 3.63) is 40.4 Å². The Morgan fingerprint density at radius 2 is 2.12 bits per heavy atom. The summed E-state index contributed by atoms with van der Waals surface area (Å²) in [6, 6.07) is 7.26. The summed E-state index contributed by atoms with van der Waals surface area (Å²) >= 11 is 7.26. The molecule has 1 fully saturated rings. The molecule has 126 valence electrons. The predicted molar refractivity (Wildman–Crippen MR) is 90.5 cm³/mol. The standard InChI is InChI=1S/C16H15ClN2O4S/c17-11-3-1-10(2-4-11)15-18-13(9-24-15)16(22)19-5-6-23-12(8-19)7-14(20)21/h1-4,9,12H,5-8H2,(H,20,21). The van der Waals surface area contributed by atoms with Gasteiger partial charge in [0.25, 0.3) is 5.91 Å². The van der Waals surface area contributed by atoms with Gasteiger partial charge in [-0.25, -0.2) is 4.98 Å². The number of carbonyl (C=O) groups excluding carboxylic acids is 1. The molecule has 1 N–H and O–H groups in total. The highest BCUT2D eigenvalue weighted by Gasteiger charge is 2.27. The highest BCUT2D eigenvalue weighted by atomic mass is 35.5. The maximum Gasteiger partial charge on any atom is 0.306 e. The van der Waals surface area contributed by atoms with Gasteiger partial charge in [0, 0.05) is 29.1 Å². The summed E-state index contributed by atoms with van der Waals surface area (Å²) < 4.78 is 5.39. The summed E-state index contributed by atoms with van der Waals surface area (Å²) in [5.41, 5.74) is 1.26. The van der Waals surface area contributed by atoms with E-state index in [0.29, 0.717) is 23.9 Å². The zero-order valence-electron chi connectivity index (χ0n) is 12.6. The summed E-state index contributed by atoms with van der Waals surface area (Å²) in [6.07, 6.45) is -0.591. The number of ether oxygens (including phenoxy) is 1. The molecule has 3 rings (SSSR count). The SMILES string of the molecule is O=C(O)CC1CN(C(=O)c2csc(-c3ccc(Cl)cc3)n2)CCO1. The Balaban J connectivity index is 1.71. The van der Waals surface area contributed by atoms with Crippen LogP contribution in [-0.2, 0) is 9.53 Å². The van der Waals surface area contributed by atoms with E-state index in [-0.39, 0.29) is 18.9 Å². The van der Waals surface area contributed by atoms with E-state index >= 15 is 0 Å². The number of carboxylic acids is 1. The Bertz CT molecular complexity index is 747.